The Bertz CT molecular complexity index is 430. The van der Waals surface area contributed by atoms with E-state index < -0.39 is 5.82 Å². The average molecular weight is 287 g/mol. The number of ether oxygens (including phenoxy) is 1. The molecule has 1 aliphatic rings. The SMILES string of the molecule is CCN1CCOC(C(N)Cc2ccc(Cl)c(F)c2)C1. The number of morpholine rings is 1. The van der Waals surface area contributed by atoms with Gasteiger partial charge in [0.15, 0.2) is 0 Å². The van der Waals surface area contributed by atoms with Crippen LogP contribution in [-0.4, -0.2) is 43.3 Å². The topological polar surface area (TPSA) is 38.5 Å². The van der Waals surface area contributed by atoms with Crippen molar-refractivity contribution in [3.63, 3.8) is 0 Å². The second kappa shape index (κ2) is 6.66. The number of likely N-dealkylation sites (N-methyl/N-ethyl adjacent to an activating group) is 1. The lowest BCUT2D eigenvalue weighted by Gasteiger charge is -2.35. The first-order chi connectivity index (χ1) is 9.10. The molecule has 1 aromatic carbocycles. The molecule has 2 rings (SSSR count). The summed E-state index contributed by atoms with van der Waals surface area (Å²) in [5.74, 6) is -0.397. The van der Waals surface area contributed by atoms with E-state index in [1.54, 1.807) is 6.07 Å². The first-order valence-corrected chi connectivity index (χ1v) is 7.01. The summed E-state index contributed by atoms with van der Waals surface area (Å²) in [5, 5.41) is 0.142. The molecule has 0 bridgehead atoms. The summed E-state index contributed by atoms with van der Waals surface area (Å²) >= 11 is 5.67. The zero-order valence-corrected chi connectivity index (χ0v) is 11.9. The van der Waals surface area contributed by atoms with Gasteiger partial charge in [0.2, 0.25) is 0 Å². The standard InChI is InChI=1S/C14H20ClFN2O/c1-2-18-5-6-19-14(9-18)13(17)8-10-3-4-11(15)12(16)7-10/h3-4,7,13-14H,2,5-6,8-9,17H2,1H3. The number of hydrogen-bond acceptors (Lipinski definition) is 3. The van der Waals surface area contributed by atoms with Crippen molar-refractivity contribution in [1.29, 1.82) is 0 Å². The number of benzene rings is 1. The third-order valence-corrected chi connectivity index (χ3v) is 3.86. The number of nitrogens with two attached hydrogens (primary N) is 1. The molecule has 0 aliphatic carbocycles. The minimum atomic E-state index is -0.397. The van der Waals surface area contributed by atoms with E-state index in [2.05, 4.69) is 11.8 Å². The van der Waals surface area contributed by atoms with Gasteiger partial charge in [0.05, 0.1) is 17.7 Å². The molecule has 0 radical (unpaired) electrons. The molecule has 0 aromatic heterocycles. The summed E-state index contributed by atoms with van der Waals surface area (Å²) in [6.45, 7) is 5.63. The van der Waals surface area contributed by atoms with Crippen molar-refractivity contribution in [1.82, 2.24) is 4.90 Å². The minimum absolute atomic E-state index is 0.00689. The lowest BCUT2D eigenvalue weighted by atomic mass is 10.0. The van der Waals surface area contributed by atoms with Crippen molar-refractivity contribution < 1.29 is 9.13 Å². The molecule has 1 fully saturated rings. The lowest BCUT2D eigenvalue weighted by Crippen LogP contribution is -2.51. The van der Waals surface area contributed by atoms with Gasteiger partial charge in [-0.3, -0.25) is 4.90 Å². The van der Waals surface area contributed by atoms with Gasteiger partial charge in [0.25, 0.3) is 0 Å². The van der Waals surface area contributed by atoms with Gasteiger partial charge in [-0.15, -0.1) is 0 Å². The molecule has 2 N–H and O–H groups in total. The summed E-state index contributed by atoms with van der Waals surface area (Å²) < 4.78 is 19.1. The lowest BCUT2D eigenvalue weighted by molar-refractivity contribution is -0.0385. The molecule has 106 valence electrons. The van der Waals surface area contributed by atoms with E-state index in [0.717, 1.165) is 25.2 Å². The Kier molecular flexibility index (Phi) is 5.16. The second-order valence-corrected chi connectivity index (χ2v) is 5.33. The van der Waals surface area contributed by atoms with Crippen molar-refractivity contribution >= 4 is 11.6 Å². The van der Waals surface area contributed by atoms with Crippen LogP contribution in [0.15, 0.2) is 18.2 Å². The number of halogens is 2. The van der Waals surface area contributed by atoms with Gasteiger partial charge < -0.3 is 10.5 Å². The zero-order chi connectivity index (χ0) is 13.8. The van der Waals surface area contributed by atoms with Crippen LogP contribution >= 0.6 is 11.6 Å². The summed E-state index contributed by atoms with van der Waals surface area (Å²) in [7, 11) is 0. The molecule has 0 saturated carbocycles. The highest BCUT2D eigenvalue weighted by molar-refractivity contribution is 6.30. The van der Waals surface area contributed by atoms with E-state index in [4.69, 9.17) is 22.1 Å². The van der Waals surface area contributed by atoms with Crippen molar-refractivity contribution in [2.75, 3.05) is 26.2 Å². The Morgan fingerprint density at radius 2 is 2.37 bits per heavy atom. The Labute approximate surface area is 118 Å². The van der Waals surface area contributed by atoms with Crippen molar-refractivity contribution in [2.45, 2.75) is 25.5 Å². The number of hydrogen-bond donors (Lipinski definition) is 1. The van der Waals surface area contributed by atoms with Crippen LogP contribution in [0.1, 0.15) is 12.5 Å². The van der Waals surface area contributed by atoms with E-state index in [-0.39, 0.29) is 17.2 Å². The molecular weight excluding hydrogens is 267 g/mol. The predicted molar refractivity (Wildman–Crippen MR) is 74.9 cm³/mol. The molecule has 1 aromatic rings. The maximum absolute atomic E-state index is 13.4. The summed E-state index contributed by atoms with van der Waals surface area (Å²) in [5.41, 5.74) is 7.03. The first kappa shape index (κ1) is 14.7. The van der Waals surface area contributed by atoms with Gasteiger partial charge in [-0.25, -0.2) is 4.39 Å². The van der Waals surface area contributed by atoms with Crippen LogP contribution in [0.25, 0.3) is 0 Å². The highest BCUT2D eigenvalue weighted by atomic mass is 35.5. The van der Waals surface area contributed by atoms with Crippen molar-refractivity contribution in [3.05, 3.63) is 34.6 Å². The van der Waals surface area contributed by atoms with Crippen LogP contribution in [-0.2, 0) is 11.2 Å². The highest BCUT2D eigenvalue weighted by Gasteiger charge is 2.25. The molecule has 2 unspecified atom stereocenters. The fourth-order valence-electron chi connectivity index (χ4n) is 2.35. The third kappa shape index (κ3) is 3.89. The monoisotopic (exact) mass is 286 g/mol. The van der Waals surface area contributed by atoms with Gasteiger partial charge in [-0.2, -0.15) is 0 Å². The van der Waals surface area contributed by atoms with Gasteiger partial charge in [-0.05, 0) is 30.7 Å². The molecule has 2 atom stereocenters. The number of nitrogens with zero attached hydrogens (tertiary/aromatic N) is 1. The maximum atomic E-state index is 13.4. The Hall–Kier alpha value is -0.680. The largest absolute Gasteiger partial charge is 0.374 e. The molecule has 0 amide bonds. The fraction of sp³-hybridized carbons (Fsp3) is 0.571. The van der Waals surface area contributed by atoms with Crippen LogP contribution in [0, 0.1) is 5.82 Å². The Morgan fingerprint density at radius 3 is 3.05 bits per heavy atom. The smallest absolute Gasteiger partial charge is 0.142 e. The number of rotatable bonds is 4. The second-order valence-electron chi connectivity index (χ2n) is 4.92. The van der Waals surface area contributed by atoms with Gasteiger partial charge in [0, 0.05) is 19.1 Å². The average Bonchev–Trinajstić information content (AvgIpc) is 2.43. The molecule has 1 aliphatic heterocycles. The third-order valence-electron chi connectivity index (χ3n) is 3.56. The van der Waals surface area contributed by atoms with Crippen LogP contribution < -0.4 is 5.73 Å². The van der Waals surface area contributed by atoms with Crippen molar-refractivity contribution in [3.8, 4) is 0 Å². The first-order valence-electron chi connectivity index (χ1n) is 6.63. The summed E-state index contributed by atoms with van der Waals surface area (Å²) in [6, 6.07) is 4.70. The van der Waals surface area contributed by atoms with Crippen LogP contribution in [0.2, 0.25) is 5.02 Å². The summed E-state index contributed by atoms with van der Waals surface area (Å²) in [6.07, 6.45) is 0.600. The highest BCUT2D eigenvalue weighted by Crippen LogP contribution is 2.18. The van der Waals surface area contributed by atoms with Crippen molar-refractivity contribution in [2.24, 2.45) is 5.73 Å². The predicted octanol–water partition coefficient (Wildman–Crippen LogP) is 2.07. The van der Waals surface area contributed by atoms with E-state index in [0.29, 0.717) is 13.0 Å². The Balaban J connectivity index is 1.96. The molecule has 3 nitrogen and oxygen atoms in total. The van der Waals surface area contributed by atoms with E-state index in [9.17, 15) is 4.39 Å². The van der Waals surface area contributed by atoms with Gasteiger partial charge >= 0.3 is 0 Å². The van der Waals surface area contributed by atoms with Crippen LogP contribution in [0.5, 0.6) is 0 Å². The molecule has 1 saturated heterocycles. The van der Waals surface area contributed by atoms with Gasteiger partial charge in [-0.1, -0.05) is 24.6 Å². The normalized spacial score (nSPS) is 22.4. The maximum Gasteiger partial charge on any atom is 0.142 e. The molecule has 5 heteroatoms. The Morgan fingerprint density at radius 1 is 1.58 bits per heavy atom. The molecule has 0 spiro atoms. The zero-order valence-electron chi connectivity index (χ0n) is 11.1. The van der Waals surface area contributed by atoms with E-state index >= 15 is 0 Å². The van der Waals surface area contributed by atoms with E-state index in [1.165, 1.54) is 6.07 Å². The molecule has 1 heterocycles. The molecule has 19 heavy (non-hydrogen) atoms. The quantitative estimate of drug-likeness (QED) is 0.921. The fourth-order valence-corrected chi connectivity index (χ4v) is 2.47. The van der Waals surface area contributed by atoms with E-state index in [1.807, 2.05) is 6.07 Å². The summed E-state index contributed by atoms with van der Waals surface area (Å²) in [4.78, 5) is 2.32. The van der Waals surface area contributed by atoms with Crippen LogP contribution in [0.3, 0.4) is 0 Å². The minimum Gasteiger partial charge on any atom is -0.374 e. The molecular formula is C14H20ClFN2O. The van der Waals surface area contributed by atoms with Crippen LogP contribution in [0.4, 0.5) is 4.39 Å². The van der Waals surface area contributed by atoms with Gasteiger partial charge in [0.1, 0.15) is 5.82 Å².